The zero-order valence-corrected chi connectivity index (χ0v) is 19.4. The summed E-state index contributed by atoms with van der Waals surface area (Å²) < 4.78 is 27.2. The maximum absolute atomic E-state index is 14.5. The zero-order chi connectivity index (χ0) is 24.4. The number of rotatable bonds is 6. The Labute approximate surface area is 202 Å². The number of carbonyl (C=O) groups excluding carboxylic acids is 1. The van der Waals surface area contributed by atoms with Crippen LogP contribution in [0.15, 0.2) is 73.6 Å². The van der Waals surface area contributed by atoms with Crippen molar-refractivity contribution in [3.8, 4) is 28.5 Å². The molecule has 0 saturated carbocycles. The lowest BCUT2D eigenvalue weighted by atomic mass is 10.1. The van der Waals surface area contributed by atoms with Crippen molar-refractivity contribution >= 4 is 16.8 Å². The normalized spacial score (nSPS) is 15.7. The van der Waals surface area contributed by atoms with Crippen molar-refractivity contribution in [3.63, 3.8) is 0 Å². The number of ether oxygens (including phenoxy) is 2. The van der Waals surface area contributed by atoms with Gasteiger partial charge in [0.05, 0.1) is 18.7 Å². The van der Waals surface area contributed by atoms with E-state index in [-0.39, 0.29) is 23.4 Å². The molecule has 0 spiro atoms. The average molecular weight is 473 g/mol. The fraction of sp³-hybridized carbons (Fsp3) is 0.222. The number of pyridine rings is 1. The topological polar surface area (TPSA) is 69.5 Å². The van der Waals surface area contributed by atoms with Gasteiger partial charge in [0.15, 0.2) is 11.5 Å². The molecule has 1 saturated heterocycles. The summed E-state index contributed by atoms with van der Waals surface area (Å²) in [6, 6.07) is 14.1. The monoisotopic (exact) mass is 472 g/mol. The van der Waals surface area contributed by atoms with Crippen LogP contribution in [0.25, 0.3) is 22.2 Å². The van der Waals surface area contributed by atoms with E-state index in [1.54, 1.807) is 42.7 Å². The Bertz CT molecular complexity index is 1380. The van der Waals surface area contributed by atoms with Gasteiger partial charge in [-0.25, -0.2) is 0 Å². The summed E-state index contributed by atoms with van der Waals surface area (Å²) in [4.78, 5) is 18.3. The van der Waals surface area contributed by atoms with Crippen LogP contribution >= 0.6 is 0 Å². The zero-order valence-electron chi connectivity index (χ0n) is 19.4. The van der Waals surface area contributed by atoms with Gasteiger partial charge >= 0.3 is 0 Å². The third kappa shape index (κ3) is 4.35. The molecule has 2 aromatic carbocycles. The third-order valence-electron chi connectivity index (χ3n) is 6.24. The maximum Gasteiger partial charge on any atom is 0.246 e. The molecule has 8 heteroatoms. The van der Waals surface area contributed by atoms with Gasteiger partial charge in [-0.1, -0.05) is 12.6 Å². The number of hydrogen-bond donors (Lipinski definition) is 0. The van der Waals surface area contributed by atoms with E-state index in [0.717, 1.165) is 41.5 Å². The van der Waals surface area contributed by atoms with Gasteiger partial charge in [-0.2, -0.15) is 9.49 Å². The van der Waals surface area contributed by atoms with E-state index in [9.17, 15) is 9.18 Å². The van der Waals surface area contributed by atoms with Crippen molar-refractivity contribution in [2.45, 2.75) is 18.9 Å². The number of fused-ring (bicyclic) bond motifs is 1. The molecule has 2 aromatic heterocycles. The average Bonchev–Trinajstić information content (AvgIpc) is 3.30. The quantitative estimate of drug-likeness (QED) is 0.352. The van der Waals surface area contributed by atoms with Crippen LogP contribution in [-0.4, -0.2) is 45.8 Å². The fourth-order valence-corrected chi connectivity index (χ4v) is 4.49. The first-order chi connectivity index (χ1) is 17.1. The van der Waals surface area contributed by atoms with Crippen LogP contribution in [0, 0.1) is 5.82 Å². The number of carbonyl (C=O) groups is 1. The minimum Gasteiger partial charge on any atom is -0.494 e. The van der Waals surface area contributed by atoms with E-state index in [4.69, 9.17) is 14.6 Å². The molecule has 1 fully saturated rings. The molecule has 0 N–H and O–H groups in total. The van der Waals surface area contributed by atoms with Gasteiger partial charge in [0.25, 0.3) is 0 Å². The summed E-state index contributed by atoms with van der Waals surface area (Å²) in [5, 5.41) is 5.87. The molecule has 0 radical (unpaired) electrons. The van der Waals surface area contributed by atoms with E-state index in [2.05, 4.69) is 11.6 Å². The predicted octanol–water partition coefficient (Wildman–Crippen LogP) is 5.39. The molecule has 4 aromatic rings. The third-order valence-corrected chi connectivity index (χ3v) is 6.24. The molecular weight excluding hydrogens is 447 g/mol. The van der Waals surface area contributed by atoms with Gasteiger partial charge in [-0.15, -0.1) is 0 Å². The molecule has 1 amide bonds. The molecule has 1 aliphatic rings. The van der Waals surface area contributed by atoms with Crippen molar-refractivity contribution in [1.29, 1.82) is 0 Å². The highest BCUT2D eigenvalue weighted by Gasteiger charge is 2.26. The van der Waals surface area contributed by atoms with Crippen LogP contribution in [0.1, 0.15) is 18.9 Å². The van der Waals surface area contributed by atoms with Crippen LogP contribution in [0.3, 0.4) is 0 Å². The molecular formula is C27H25FN4O3. The second-order valence-corrected chi connectivity index (χ2v) is 8.37. The first-order valence-corrected chi connectivity index (χ1v) is 11.4. The summed E-state index contributed by atoms with van der Waals surface area (Å²) in [6.45, 7) is 4.93. The van der Waals surface area contributed by atoms with E-state index in [1.807, 2.05) is 27.8 Å². The molecule has 0 bridgehead atoms. The molecule has 1 atom stereocenters. The van der Waals surface area contributed by atoms with Gasteiger partial charge in [0.2, 0.25) is 11.7 Å². The Balaban J connectivity index is 1.45. The minimum absolute atomic E-state index is 0.0592. The summed E-state index contributed by atoms with van der Waals surface area (Å²) in [7, 11) is 1.41. The molecule has 5 rings (SSSR count). The van der Waals surface area contributed by atoms with Crippen LogP contribution in [0.5, 0.6) is 17.2 Å². The Morgan fingerprint density at radius 2 is 1.97 bits per heavy atom. The highest BCUT2D eigenvalue weighted by Crippen LogP contribution is 2.34. The molecule has 0 aliphatic carbocycles. The number of hydrogen-bond acceptors (Lipinski definition) is 5. The Hall–Kier alpha value is -4.20. The van der Waals surface area contributed by atoms with E-state index < -0.39 is 5.82 Å². The van der Waals surface area contributed by atoms with Crippen LogP contribution < -0.4 is 9.47 Å². The largest absolute Gasteiger partial charge is 0.494 e. The molecule has 1 aliphatic heterocycles. The van der Waals surface area contributed by atoms with Crippen molar-refractivity contribution in [2.24, 2.45) is 0 Å². The van der Waals surface area contributed by atoms with E-state index in [0.29, 0.717) is 12.3 Å². The smallest absolute Gasteiger partial charge is 0.246 e. The van der Waals surface area contributed by atoms with Crippen LogP contribution in [0.4, 0.5) is 4.39 Å². The van der Waals surface area contributed by atoms with Gasteiger partial charge in [-0.3, -0.25) is 14.5 Å². The second kappa shape index (κ2) is 9.58. The maximum atomic E-state index is 14.5. The summed E-state index contributed by atoms with van der Waals surface area (Å²) in [5.41, 5.74) is 2.64. The van der Waals surface area contributed by atoms with Crippen molar-refractivity contribution in [1.82, 2.24) is 19.7 Å². The van der Waals surface area contributed by atoms with Gasteiger partial charge in [0, 0.05) is 36.4 Å². The lowest BCUT2D eigenvalue weighted by Crippen LogP contribution is -2.40. The predicted molar refractivity (Wildman–Crippen MR) is 131 cm³/mol. The number of piperidine rings is 1. The SMILES string of the molecule is C=CC(=O)N1CCCC(n2nc(-c3ccc(Oc4cccc(OC)c4F)cc3)c3cnccc32)C1. The minimum atomic E-state index is -0.550. The summed E-state index contributed by atoms with van der Waals surface area (Å²) in [5.74, 6) is 0.0998. The van der Waals surface area contributed by atoms with Crippen LogP contribution in [-0.2, 0) is 4.79 Å². The number of benzene rings is 2. The number of methoxy groups -OCH3 is 1. The van der Waals surface area contributed by atoms with Gasteiger partial charge < -0.3 is 14.4 Å². The molecule has 1 unspecified atom stereocenters. The fourth-order valence-electron chi connectivity index (χ4n) is 4.49. The Morgan fingerprint density at radius 3 is 2.74 bits per heavy atom. The van der Waals surface area contributed by atoms with Gasteiger partial charge in [-0.05, 0) is 61.4 Å². The first-order valence-electron chi connectivity index (χ1n) is 11.4. The molecule has 7 nitrogen and oxygen atoms in total. The van der Waals surface area contributed by atoms with E-state index >= 15 is 0 Å². The summed E-state index contributed by atoms with van der Waals surface area (Å²) in [6.07, 6.45) is 6.75. The number of nitrogens with zero attached hydrogens (tertiary/aromatic N) is 4. The highest BCUT2D eigenvalue weighted by atomic mass is 19.1. The Kier molecular flexibility index (Phi) is 6.18. The number of likely N-dealkylation sites (tertiary alicyclic amines) is 1. The first kappa shape index (κ1) is 22.6. The lowest BCUT2D eigenvalue weighted by Gasteiger charge is -2.32. The lowest BCUT2D eigenvalue weighted by molar-refractivity contribution is -0.127. The molecule has 178 valence electrons. The van der Waals surface area contributed by atoms with Crippen molar-refractivity contribution in [2.75, 3.05) is 20.2 Å². The van der Waals surface area contributed by atoms with Crippen molar-refractivity contribution in [3.05, 3.63) is 79.4 Å². The molecule has 3 heterocycles. The van der Waals surface area contributed by atoms with E-state index in [1.165, 1.54) is 13.2 Å². The molecule has 35 heavy (non-hydrogen) atoms. The number of halogens is 1. The highest BCUT2D eigenvalue weighted by molar-refractivity contribution is 5.93. The van der Waals surface area contributed by atoms with Crippen molar-refractivity contribution < 1.29 is 18.7 Å². The number of aromatic nitrogens is 3. The summed E-state index contributed by atoms with van der Waals surface area (Å²) >= 11 is 0. The van der Waals surface area contributed by atoms with Gasteiger partial charge in [0.1, 0.15) is 11.4 Å². The van der Waals surface area contributed by atoms with Crippen LogP contribution in [0.2, 0.25) is 0 Å². The second-order valence-electron chi connectivity index (χ2n) is 8.37. The Morgan fingerprint density at radius 1 is 1.17 bits per heavy atom. The standard InChI is InChI=1S/C27H25FN4O3/c1-3-25(33)31-15-5-6-19(17-31)32-22-13-14-29-16-21(22)27(30-32)18-9-11-20(12-10-18)35-24-8-4-7-23(34-2)26(24)28/h3-4,7-14,16,19H,1,5-6,15,17H2,2H3. The number of amides is 1.